The fourth-order valence-electron chi connectivity index (χ4n) is 1.56. The molecule has 0 aliphatic carbocycles. The van der Waals surface area contributed by atoms with Crippen LogP contribution in [0.3, 0.4) is 0 Å². The molecule has 0 aliphatic rings. The molecule has 0 aliphatic heterocycles. The van der Waals surface area contributed by atoms with Crippen molar-refractivity contribution >= 4 is 0 Å². The van der Waals surface area contributed by atoms with E-state index in [1.54, 1.807) is 0 Å². The fourth-order valence-corrected chi connectivity index (χ4v) is 1.56. The molecule has 0 aromatic heterocycles. The lowest BCUT2D eigenvalue weighted by Gasteiger charge is -2.28. The third-order valence-electron chi connectivity index (χ3n) is 2.27. The van der Waals surface area contributed by atoms with Gasteiger partial charge in [0.25, 0.3) is 0 Å². The zero-order valence-corrected chi connectivity index (χ0v) is 9.38. The van der Waals surface area contributed by atoms with Crippen molar-refractivity contribution in [1.29, 1.82) is 0 Å². The maximum atomic E-state index is 9.99. The standard InChI is InChI=1S/C11H24O2/c1-9(2)5-6-11(13,8-12)7-10(3)4/h9-10,12-13H,5-8H2,1-4H3. The summed E-state index contributed by atoms with van der Waals surface area (Å²) >= 11 is 0. The van der Waals surface area contributed by atoms with E-state index >= 15 is 0 Å². The Kier molecular flexibility index (Phi) is 5.57. The smallest absolute Gasteiger partial charge is 0.0879 e. The molecule has 0 rings (SSSR count). The minimum Gasteiger partial charge on any atom is -0.393 e. The maximum Gasteiger partial charge on any atom is 0.0879 e. The summed E-state index contributed by atoms with van der Waals surface area (Å²) in [7, 11) is 0. The van der Waals surface area contributed by atoms with Gasteiger partial charge in [0.15, 0.2) is 0 Å². The molecule has 0 saturated heterocycles. The Balaban J connectivity index is 3.96. The van der Waals surface area contributed by atoms with Gasteiger partial charge in [-0.2, -0.15) is 0 Å². The molecule has 0 bridgehead atoms. The van der Waals surface area contributed by atoms with Crippen LogP contribution in [-0.4, -0.2) is 22.4 Å². The van der Waals surface area contributed by atoms with Crippen LogP contribution in [-0.2, 0) is 0 Å². The molecule has 2 heteroatoms. The number of aliphatic hydroxyl groups is 2. The van der Waals surface area contributed by atoms with Crippen LogP contribution in [0.15, 0.2) is 0 Å². The molecule has 2 N–H and O–H groups in total. The van der Waals surface area contributed by atoms with Gasteiger partial charge in [-0.25, -0.2) is 0 Å². The second-order valence-corrected chi connectivity index (χ2v) is 4.91. The number of rotatable bonds is 6. The van der Waals surface area contributed by atoms with Crippen LogP contribution >= 0.6 is 0 Å². The highest BCUT2D eigenvalue weighted by Gasteiger charge is 2.26. The van der Waals surface area contributed by atoms with Gasteiger partial charge < -0.3 is 10.2 Å². The quantitative estimate of drug-likeness (QED) is 0.671. The van der Waals surface area contributed by atoms with Crippen LogP contribution in [0.2, 0.25) is 0 Å². The van der Waals surface area contributed by atoms with Crippen molar-refractivity contribution in [3.05, 3.63) is 0 Å². The van der Waals surface area contributed by atoms with E-state index in [0.717, 1.165) is 6.42 Å². The molecule has 0 spiro atoms. The number of hydrogen-bond acceptors (Lipinski definition) is 2. The largest absolute Gasteiger partial charge is 0.393 e. The van der Waals surface area contributed by atoms with E-state index in [9.17, 15) is 5.11 Å². The average molecular weight is 188 g/mol. The predicted molar refractivity (Wildman–Crippen MR) is 55.6 cm³/mol. The summed E-state index contributed by atoms with van der Waals surface area (Å²) in [5, 5.41) is 19.1. The summed E-state index contributed by atoms with van der Waals surface area (Å²) in [6.07, 6.45) is 2.37. The van der Waals surface area contributed by atoms with Crippen molar-refractivity contribution < 1.29 is 10.2 Å². The first-order valence-electron chi connectivity index (χ1n) is 5.23. The summed E-state index contributed by atoms with van der Waals surface area (Å²) in [5.41, 5.74) is -0.849. The third-order valence-corrected chi connectivity index (χ3v) is 2.27. The van der Waals surface area contributed by atoms with Crippen LogP contribution < -0.4 is 0 Å². The van der Waals surface area contributed by atoms with Crippen molar-refractivity contribution in [2.45, 2.75) is 52.6 Å². The van der Waals surface area contributed by atoms with Gasteiger partial charge in [-0.3, -0.25) is 0 Å². The molecule has 2 nitrogen and oxygen atoms in total. The van der Waals surface area contributed by atoms with E-state index in [4.69, 9.17) is 5.11 Å². The van der Waals surface area contributed by atoms with Gasteiger partial charge in [0.05, 0.1) is 12.2 Å². The monoisotopic (exact) mass is 188 g/mol. The maximum absolute atomic E-state index is 9.99. The van der Waals surface area contributed by atoms with Crippen LogP contribution in [0.4, 0.5) is 0 Å². The summed E-state index contributed by atoms with van der Waals surface area (Å²) in [4.78, 5) is 0. The van der Waals surface area contributed by atoms with E-state index in [-0.39, 0.29) is 6.61 Å². The summed E-state index contributed by atoms with van der Waals surface area (Å²) < 4.78 is 0. The Morgan fingerprint density at radius 3 is 1.92 bits per heavy atom. The second-order valence-electron chi connectivity index (χ2n) is 4.91. The Bertz CT molecular complexity index is 132. The Labute approximate surface area is 82.0 Å². The van der Waals surface area contributed by atoms with E-state index < -0.39 is 5.60 Å². The van der Waals surface area contributed by atoms with Crippen molar-refractivity contribution in [2.75, 3.05) is 6.61 Å². The highest BCUT2D eigenvalue weighted by atomic mass is 16.3. The van der Waals surface area contributed by atoms with Gasteiger partial charge in [0.1, 0.15) is 0 Å². The lowest BCUT2D eigenvalue weighted by atomic mass is 9.87. The molecule has 1 unspecified atom stereocenters. The minimum absolute atomic E-state index is 0.113. The van der Waals surface area contributed by atoms with Crippen LogP contribution in [0.25, 0.3) is 0 Å². The Morgan fingerprint density at radius 1 is 1.08 bits per heavy atom. The Hall–Kier alpha value is -0.0800. The summed E-state index contributed by atoms with van der Waals surface area (Å²) in [5.74, 6) is 1.02. The van der Waals surface area contributed by atoms with Gasteiger partial charge in [-0.15, -0.1) is 0 Å². The molecule has 0 saturated carbocycles. The first-order chi connectivity index (χ1) is 5.89. The number of hydrogen-bond donors (Lipinski definition) is 2. The minimum atomic E-state index is -0.849. The van der Waals surface area contributed by atoms with Crippen molar-refractivity contribution in [3.8, 4) is 0 Å². The average Bonchev–Trinajstić information content (AvgIpc) is 2.00. The van der Waals surface area contributed by atoms with Crippen molar-refractivity contribution in [1.82, 2.24) is 0 Å². The normalized spacial score (nSPS) is 16.6. The van der Waals surface area contributed by atoms with Gasteiger partial charge in [0.2, 0.25) is 0 Å². The SMILES string of the molecule is CC(C)CCC(O)(CO)CC(C)C. The van der Waals surface area contributed by atoms with E-state index in [2.05, 4.69) is 27.7 Å². The zero-order valence-electron chi connectivity index (χ0n) is 9.38. The molecule has 80 valence electrons. The molecular formula is C11H24O2. The van der Waals surface area contributed by atoms with Gasteiger partial charge in [-0.1, -0.05) is 27.7 Å². The molecule has 0 heterocycles. The molecule has 0 radical (unpaired) electrons. The van der Waals surface area contributed by atoms with Gasteiger partial charge in [0, 0.05) is 0 Å². The molecule has 0 fully saturated rings. The highest BCUT2D eigenvalue weighted by molar-refractivity contribution is 4.79. The van der Waals surface area contributed by atoms with Gasteiger partial charge in [-0.05, 0) is 31.1 Å². The molecule has 13 heavy (non-hydrogen) atoms. The molecule has 0 aromatic rings. The van der Waals surface area contributed by atoms with Crippen LogP contribution in [0.5, 0.6) is 0 Å². The van der Waals surface area contributed by atoms with Crippen molar-refractivity contribution in [2.24, 2.45) is 11.8 Å². The summed E-state index contributed by atoms with van der Waals surface area (Å²) in [6.45, 7) is 8.28. The van der Waals surface area contributed by atoms with E-state index in [1.165, 1.54) is 0 Å². The third kappa shape index (κ3) is 6.05. The molecule has 0 amide bonds. The number of aliphatic hydroxyl groups excluding tert-OH is 1. The highest BCUT2D eigenvalue weighted by Crippen LogP contribution is 2.23. The lowest BCUT2D eigenvalue weighted by Crippen LogP contribution is -2.35. The Morgan fingerprint density at radius 2 is 1.62 bits per heavy atom. The summed E-state index contributed by atoms with van der Waals surface area (Å²) in [6, 6.07) is 0. The van der Waals surface area contributed by atoms with Crippen molar-refractivity contribution in [3.63, 3.8) is 0 Å². The van der Waals surface area contributed by atoms with E-state index in [1.807, 2.05) is 0 Å². The molecular weight excluding hydrogens is 164 g/mol. The first-order valence-corrected chi connectivity index (χ1v) is 5.23. The van der Waals surface area contributed by atoms with E-state index in [0.29, 0.717) is 24.7 Å². The lowest BCUT2D eigenvalue weighted by molar-refractivity contribution is -0.0399. The predicted octanol–water partition coefficient (Wildman–Crippen LogP) is 2.19. The fraction of sp³-hybridized carbons (Fsp3) is 1.00. The first kappa shape index (κ1) is 12.9. The second kappa shape index (κ2) is 5.61. The van der Waals surface area contributed by atoms with Crippen LogP contribution in [0.1, 0.15) is 47.0 Å². The topological polar surface area (TPSA) is 40.5 Å². The van der Waals surface area contributed by atoms with Crippen LogP contribution in [0, 0.1) is 11.8 Å². The zero-order chi connectivity index (χ0) is 10.5. The van der Waals surface area contributed by atoms with Gasteiger partial charge >= 0.3 is 0 Å². The molecule has 1 atom stereocenters. The molecule has 0 aromatic carbocycles.